The van der Waals surface area contributed by atoms with E-state index < -0.39 is 0 Å². The van der Waals surface area contributed by atoms with E-state index in [1.54, 1.807) is 6.26 Å². The zero-order chi connectivity index (χ0) is 18.1. The van der Waals surface area contributed by atoms with Crippen molar-refractivity contribution in [3.8, 4) is 0 Å². The Bertz CT molecular complexity index is 735. The molecule has 3 atom stereocenters. The molecule has 0 spiro atoms. The van der Waals surface area contributed by atoms with E-state index in [2.05, 4.69) is 15.4 Å². The summed E-state index contributed by atoms with van der Waals surface area (Å²) < 4.78 is 16.6. The molecule has 0 aromatic carbocycles. The summed E-state index contributed by atoms with van der Waals surface area (Å²) in [6, 6.07) is 3.66. The van der Waals surface area contributed by atoms with Crippen LogP contribution in [0.4, 0.5) is 0 Å². The van der Waals surface area contributed by atoms with Crippen LogP contribution in [0, 0.1) is 19.8 Å². The van der Waals surface area contributed by atoms with Crippen LogP contribution in [-0.2, 0) is 22.6 Å². The Hall–Kier alpha value is -2.12. The molecule has 4 heterocycles. The van der Waals surface area contributed by atoms with E-state index in [1.165, 1.54) is 0 Å². The summed E-state index contributed by atoms with van der Waals surface area (Å²) in [6.45, 7) is 7.01. The second kappa shape index (κ2) is 7.25. The highest BCUT2D eigenvalue weighted by Crippen LogP contribution is 2.34. The summed E-state index contributed by atoms with van der Waals surface area (Å²) in [5.74, 6) is 2.04. The van der Waals surface area contributed by atoms with Crippen LogP contribution < -0.4 is 5.32 Å². The highest BCUT2D eigenvalue weighted by molar-refractivity contribution is 5.81. The number of rotatable bonds is 5. The number of fused-ring (bicyclic) bond motifs is 1. The highest BCUT2D eigenvalue weighted by Gasteiger charge is 2.41. The number of aryl methyl sites for hydroxylation is 2. The molecule has 2 aliphatic heterocycles. The first-order chi connectivity index (χ1) is 12.6. The van der Waals surface area contributed by atoms with Crippen LogP contribution in [0.2, 0.25) is 0 Å². The lowest BCUT2D eigenvalue weighted by atomic mass is 9.91. The number of aromatic nitrogens is 1. The fourth-order valence-electron chi connectivity index (χ4n) is 3.96. The van der Waals surface area contributed by atoms with Crippen LogP contribution in [-0.4, -0.2) is 41.3 Å². The van der Waals surface area contributed by atoms with E-state index in [9.17, 15) is 4.79 Å². The van der Waals surface area contributed by atoms with Crippen molar-refractivity contribution >= 4 is 5.91 Å². The molecule has 2 aromatic heterocycles. The molecule has 4 rings (SSSR count). The molecule has 2 aromatic rings. The molecule has 0 aliphatic carbocycles. The van der Waals surface area contributed by atoms with E-state index in [0.717, 1.165) is 55.3 Å². The number of nitrogens with zero attached hydrogens (tertiary/aromatic N) is 2. The first-order valence-corrected chi connectivity index (χ1v) is 9.20. The molecule has 0 radical (unpaired) electrons. The Balaban J connectivity index is 1.30. The van der Waals surface area contributed by atoms with Crippen molar-refractivity contribution in [3.05, 3.63) is 41.2 Å². The van der Waals surface area contributed by atoms with Gasteiger partial charge in [-0.1, -0.05) is 5.16 Å². The molecule has 7 nitrogen and oxygen atoms in total. The lowest BCUT2D eigenvalue weighted by molar-refractivity contribution is -0.133. The van der Waals surface area contributed by atoms with E-state index in [0.29, 0.717) is 12.5 Å². The van der Waals surface area contributed by atoms with E-state index >= 15 is 0 Å². The number of carbonyl (C=O) groups excluding carboxylic acids is 1. The van der Waals surface area contributed by atoms with Gasteiger partial charge in [0.15, 0.2) is 0 Å². The topological polar surface area (TPSA) is 80.7 Å². The third-order valence-electron chi connectivity index (χ3n) is 5.51. The maximum Gasteiger partial charge on any atom is 0.249 e. The molecule has 0 unspecified atom stereocenters. The molecule has 7 heteroatoms. The standard InChI is InChI=1S/C19H25N3O4/c1-12-16(13(2)26-21-12)10-22-6-5-14-8-17(25-18(14)11-22)19(23)20-9-15-4-3-7-24-15/h3-4,7,14,17-18H,5-6,8-11H2,1-2H3,(H,20,23)/t14-,17-,18+/m1/s1. The molecule has 1 N–H and O–H groups in total. The van der Waals surface area contributed by atoms with Gasteiger partial charge in [-0.3, -0.25) is 9.69 Å². The van der Waals surface area contributed by atoms with Crippen molar-refractivity contribution < 1.29 is 18.5 Å². The molecule has 1 amide bonds. The SMILES string of the molecule is Cc1noc(C)c1CN1CC[C@@H]2C[C@H](C(=O)NCc3ccco3)O[C@H]2C1. The Labute approximate surface area is 152 Å². The van der Waals surface area contributed by atoms with Gasteiger partial charge in [0, 0.05) is 18.7 Å². The molecule has 2 saturated heterocycles. The Morgan fingerprint density at radius 2 is 2.31 bits per heavy atom. The number of carbonyl (C=O) groups is 1. The minimum absolute atomic E-state index is 0.0481. The quantitative estimate of drug-likeness (QED) is 0.881. The van der Waals surface area contributed by atoms with Gasteiger partial charge in [-0.2, -0.15) is 0 Å². The first-order valence-electron chi connectivity index (χ1n) is 9.20. The summed E-state index contributed by atoms with van der Waals surface area (Å²) >= 11 is 0. The second-order valence-electron chi connectivity index (χ2n) is 7.28. The summed E-state index contributed by atoms with van der Waals surface area (Å²) in [5, 5.41) is 6.94. The Morgan fingerprint density at radius 1 is 1.42 bits per heavy atom. The third kappa shape index (κ3) is 3.54. The lowest BCUT2D eigenvalue weighted by Gasteiger charge is -2.33. The smallest absolute Gasteiger partial charge is 0.249 e. The van der Waals surface area contributed by atoms with Crippen LogP contribution in [0.15, 0.2) is 27.3 Å². The van der Waals surface area contributed by atoms with Gasteiger partial charge in [0.05, 0.1) is 24.6 Å². The summed E-state index contributed by atoms with van der Waals surface area (Å²) in [4.78, 5) is 14.8. The number of likely N-dealkylation sites (tertiary alicyclic amines) is 1. The molecular weight excluding hydrogens is 334 g/mol. The van der Waals surface area contributed by atoms with Gasteiger partial charge in [-0.15, -0.1) is 0 Å². The van der Waals surface area contributed by atoms with Crippen LogP contribution in [0.5, 0.6) is 0 Å². The zero-order valence-corrected chi connectivity index (χ0v) is 15.2. The van der Waals surface area contributed by atoms with E-state index in [1.807, 2.05) is 26.0 Å². The Kier molecular flexibility index (Phi) is 4.82. The molecule has 0 bridgehead atoms. The number of ether oxygens (including phenoxy) is 1. The van der Waals surface area contributed by atoms with Gasteiger partial charge >= 0.3 is 0 Å². The van der Waals surface area contributed by atoms with Crippen molar-refractivity contribution in [3.63, 3.8) is 0 Å². The van der Waals surface area contributed by atoms with Crippen LogP contribution >= 0.6 is 0 Å². The van der Waals surface area contributed by atoms with Crippen LogP contribution in [0.25, 0.3) is 0 Å². The van der Waals surface area contributed by atoms with Gasteiger partial charge in [0.1, 0.15) is 17.6 Å². The molecule has 140 valence electrons. The van der Waals surface area contributed by atoms with Gasteiger partial charge in [0.2, 0.25) is 5.91 Å². The average Bonchev–Trinajstić information content (AvgIpc) is 3.36. The number of furan rings is 1. The minimum atomic E-state index is -0.362. The van der Waals surface area contributed by atoms with Crippen LogP contribution in [0.3, 0.4) is 0 Å². The molecular formula is C19H25N3O4. The van der Waals surface area contributed by atoms with Crippen molar-refractivity contribution in [1.82, 2.24) is 15.4 Å². The number of hydrogen-bond acceptors (Lipinski definition) is 6. The van der Waals surface area contributed by atoms with Gasteiger partial charge in [-0.25, -0.2) is 0 Å². The normalized spacial score (nSPS) is 26.0. The lowest BCUT2D eigenvalue weighted by Crippen LogP contribution is -2.42. The highest BCUT2D eigenvalue weighted by atomic mass is 16.5. The predicted octanol–water partition coefficient (Wildman–Crippen LogP) is 2.18. The van der Waals surface area contributed by atoms with Crippen molar-refractivity contribution in [2.45, 2.75) is 52.0 Å². The number of amides is 1. The largest absolute Gasteiger partial charge is 0.467 e. The van der Waals surface area contributed by atoms with Crippen molar-refractivity contribution in [1.29, 1.82) is 0 Å². The molecule has 0 saturated carbocycles. The minimum Gasteiger partial charge on any atom is -0.467 e. The van der Waals surface area contributed by atoms with Crippen molar-refractivity contribution in [2.24, 2.45) is 5.92 Å². The van der Waals surface area contributed by atoms with E-state index in [4.69, 9.17) is 13.7 Å². The zero-order valence-electron chi connectivity index (χ0n) is 15.2. The summed E-state index contributed by atoms with van der Waals surface area (Å²) in [5.41, 5.74) is 2.11. The average molecular weight is 359 g/mol. The molecule has 26 heavy (non-hydrogen) atoms. The first kappa shape index (κ1) is 17.3. The van der Waals surface area contributed by atoms with E-state index in [-0.39, 0.29) is 18.1 Å². The third-order valence-corrected chi connectivity index (χ3v) is 5.51. The van der Waals surface area contributed by atoms with Gasteiger partial charge in [-0.05, 0) is 51.3 Å². The predicted molar refractivity (Wildman–Crippen MR) is 93.2 cm³/mol. The Morgan fingerprint density at radius 3 is 3.04 bits per heavy atom. The number of piperidine rings is 1. The van der Waals surface area contributed by atoms with Gasteiger partial charge < -0.3 is 19.0 Å². The van der Waals surface area contributed by atoms with Crippen LogP contribution in [0.1, 0.15) is 35.6 Å². The summed E-state index contributed by atoms with van der Waals surface area (Å²) in [6.07, 6.45) is 3.21. The second-order valence-corrected chi connectivity index (χ2v) is 7.28. The molecule has 2 aliphatic rings. The maximum atomic E-state index is 12.4. The number of nitrogens with one attached hydrogen (secondary N) is 1. The van der Waals surface area contributed by atoms with Crippen molar-refractivity contribution in [2.75, 3.05) is 13.1 Å². The van der Waals surface area contributed by atoms with Gasteiger partial charge in [0.25, 0.3) is 0 Å². The number of hydrogen-bond donors (Lipinski definition) is 1. The summed E-state index contributed by atoms with van der Waals surface area (Å²) in [7, 11) is 0. The monoisotopic (exact) mass is 359 g/mol. The fraction of sp³-hybridized carbons (Fsp3) is 0.579. The fourth-order valence-corrected chi connectivity index (χ4v) is 3.96. The maximum absolute atomic E-state index is 12.4. The molecule has 2 fully saturated rings.